The van der Waals surface area contributed by atoms with Crippen LogP contribution in [0.1, 0.15) is 0 Å². The molecular weight excluding hydrogens is 160 g/mol. The molecule has 0 aromatic carbocycles. The second-order valence-corrected chi connectivity index (χ2v) is 2.38. The first-order chi connectivity index (χ1) is 5.84. The van der Waals surface area contributed by atoms with E-state index in [9.17, 15) is 4.79 Å². The summed E-state index contributed by atoms with van der Waals surface area (Å²) < 4.78 is 5.06. The summed E-state index contributed by atoms with van der Waals surface area (Å²) in [7, 11) is 0. The van der Waals surface area contributed by atoms with Crippen molar-refractivity contribution in [1.82, 2.24) is 4.90 Å². The Morgan fingerprint density at radius 1 is 1.58 bits per heavy atom. The number of morpholine rings is 1. The predicted molar refractivity (Wildman–Crippen MR) is 41.4 cm³/mol. The van der Waals surface area contributed by atoms with Gasteiger partial charge < -0.3 is 9.64 Å². The number of amides is 1. The third-order valence-electron chi connectivity index (χ3n) is 1.63. The van der Waals surface area contributed by atoms with Gasteiger partial charge in [0.1, 0.15) is 6.54 Å². The van der Waals surface area contributed by atoms with Crippen molar-refractivity contribution in [2.75, 3.05) is 32.8 Å². The minimum Gasteiger partial charge on any atom is -0.378 e. The molecule has 0 N–H and O–H groups in total. The lowest BCUT2D eigenvalue weighted by Gasteiger charge is -2.26. The minimum atomic E-state index is -0.129. The monoisotopic (exact) mass is 170 g/mol. The molecule has 0 aromatic rings. The summed E-state index contributed by atoms with van der Waals surface area (Å²) in [6.07, 6.45) is 0. The van der Waals surface area contributed by atoms with E-state index in [0.29, 0.717) is 26.3 Å². The molecule has 1 amide bonds. The molecule has 0 aliphatic carbocycles. The molecule has 6 heteroatoms. The number of carbonyl (C=O) groups is 1. The van der Waals surface area contributed by atoms with Crippen molar-refractivity contribution >= 4 is 5.91 Å². The molecule has 66 valence electrons. The molecule has 1 aliphatic rings. The van der Waals surface area contributed by atoms with Gasteiger partial charge in [-0.05, 0) is 5.53 Å². The van der Waals surface area contributed by atoms with Crippen molar-refractivity contribution in [2.45, 2.75) is 0 Å². The molecule has 6 nitrogen and oxygen atoms in total. The van der Waals surface area contributed by atoms with E-state index in [4.69, 9.17) is 10.3 Å². The molecule has 1 fully saturated rings. The number of hydrogen-bond acceptors (Lipinski definition) is 3. The fraction of sp³-hybridized carbons (Fsp3) is 0.833. The zero-order valence-corrected chi connectivity index (χ0v) is 6.64. The quantitative estimate of drug-likeness (QED) is 0.336. The van der Waals surface area contributed by atoms with E-state index in [0.717, 1.165) is 0 Å². The Balaban J connectivity index is 2.34. The van der Waals surface area contributed by atoms with Crippen molar-refractivity contribution in [3.8, 4) is 0 Å². The van der Waals surface area contributed by atoms with Crippen molar-refractivity contribution in [2.24, 2.45) is 5.11 Å². The fourth-order valence-electron chi connectivity index (χ4n) is 1.00. The first-order valence-corrected chi connectivity index (χ1v) is 3.71. The molecule has 1 saturated heterocycles. The van der Waals surface area contributed by atoms with Gasteiger partial charge in [0.05, 0.1) is 13.2 Å². The molecule has 0 bridgehead atoms. The van der Waals surface area contributed by atoms with Gasteiger partial charge in [0, 0.05) is 18.0 Å². The summed E-state index contributed by atoms with van der Waals surface area (Å²) in [5, 5.41) is 3.20. The van der Waals surface area contributed by atoms with Gasteiger partial charge in [-0.3, -0.25) is 4.79 Å². The average Bonchev–Trinajstić information content (AvgIpc) is 2.15. The second kappa shape index (κ2) is 4.58. The van der Waals surface area contributed by atoms with Gasteiger partial charge in [-0.25, -0.2) is 0 Å². The topological polar surface area (TPSA) is 78.3 Å². The third kappa shape index (κ3) is 2.41. The first-order valence-electron chi connectivity index (χ1n) is 3.71. The van der Waals surface area contributed by atoms with Crippen LogP contribution >= 0.6 is 0 Å². The van der Waals surface area contributed by atoms with Gasteiger partial charge in [0.25, 0.3) is 0 Å². The van der Waals surface area contributed by atoms with Gasteiger partial charge in [-0.2, -0.15) is 0 Å². The van der Waals surface area contributed by atoms with Crippen molar-refractivity contribution in [3.63, 3.8) is 0 Å². The number of azide groups is 1. The summed E-state index contributed by atoms with van der Waals surface area (Å²) in [5.74, 6) is -0.129. The Bertz CT molecular complexity index is 206. The van der Waals surface area contributed by atoms with Crippen molar-refractivity contribution < 1.29 is 9.53 Å². The standard InChI is InChI=1S/C6H10N4O2/c7-9-8-5-6(11)10-1-3-12-4-2-10/h1-5H2. The Kier molecular flexibility index (Phi) is 3.37. The number of carbonyl (C=O) groups excluding carboxylic acids is 1. The lowest BCUT2D eigenvalue weighted by atomic mass is 10.4. The molecule has 0 saturated carbocycles. The molecule has 1 heterocycles. The van der Waals surface area contributed by atoms with Crippen LogP contribution in [0.15, 0.2) is 5.11 Å². The second-order valence-electron chi connectivity index (χ2n) is 2.38. The molecular formula is C6H10N4O2. The zero-order valence-electron chi connectivity index (χ0n) is 6.64. The van der Waals surface area contributed by atoms with Gasteiger partial charge in [0.2, 0.25) is 5.91 Å². The lowest BCUT2D eigenvalue weighted by molar-refractivity contribution is -0.133. The molecule has 0 unspecified atom stereocenters. The Labute approximate surface area is 69.7 Å². The zero-order chi connectivity index (χ0) is 8.81. The molecule has 12 heavy (non-hydrogen) atoms. The van der Waals surface area contributed by atoms with Crippen LogP contribution in [0.3, 0.4) is 0 Å². The molecule has 0 spiro atoms. The van der Waals surface area contributed by atoms with E-state index in [1.165, 1.54) is 0 Å². The smallest absolute Gasteiger partial charge is 0.228 e. The summed E-state index contributed by atoms with van der Waals surface area (Å²) in [4.78, 5) is 15.3. The van der Waals surface area contributed by atoms with E-state index >= 15 is 0 Å². The van der Waals surface area contributed by atoms with Crippen LogP contribution in [0.4, 0.5) is 0 Å². The number of nitrogens with zero attached hydrogens (tertiary/aromatic N) is 4. The van der Waals surface area contributed by atoms with Crippen LogP contribution in [0, 0.1) is 0 Å². The molecule has 0 aromatic heterocycles. The van der Waals surface area contributed by atoms with E-state index < -0.39 is 0 Å². The molecule has 0 radical (unpaired) electrons. The highest BCUT2D eigenvalue weighted by molar-refractivity contribution is 5.78. The van der Waals surface area contributed by atoms with E-state index in [-0.39, 0.29) is 12.5 Å². The van der Waals surface area contributed by atoms with Crippen molar-refractivity contribution in [3.05, 3.63) is 10.4 Å². The van der Waals surface area contributed by atoms with Gasteiger partial charge >= 0.3 is 0 Å². The highest BCUT2D eigenvalue weighted by Gasteiger charge is 2.15. The first kappa shape index (κ1) is 8.83. The van der Waals surface area contributed by atoms with Crippen LogP contribution in [0.2, 0.25) is 0 Å². The van der Waals surface area contributed by atoms with Gasteiger partial charge in [0.15, 0.2) is 0 Å². The molecule has 1 rings (SSSR count). The van der Waals surface area contributed by atoms with Gasteiger partial charge in [-0.15, -0.1) is 0 Å². The van der Waals surface area contributed by atoms with Crippen LogP contribution in [-0.4, -0.2) is 43.7 Å². The normalized spacial score (nSPS) is 16.8. The maximum Gasteiger partial charge on any atom is 0.228 e. The van der Waals surface area contributed by atoms with E-state index in [2.05, 4.69) is 10.0 Å². The SMILES string of the molecule is [N-]=[N+]=NCC(=O)N1CCOCC1. The lowest BCUT2D eigenvalue weighted by Crippen LogP contribution is -2.41. The highest BCUT2D eigenvalue weighted by atomic mass is 16.5. The fourth-order valence-corrected chi connectivity index (χ4v) is 1.00. The molecule has 1 aliphatic heterocycles. The van der Waals surface area contributed by atoms with Crippen LogP contribution in [-0.2, 0) is 9.53 Å². The highest BCUT2D eigenvalue weighted by Crippen LogP contribution is 1.97. The maximum atomic E-state index is 11.2. The maximum absolute atomic E-state index is 11.2. The Hall–Kier alpha value is -1.26. The van der Waals surface area contributed by atoms with E-state index in [1.54, 1.807) is 4.90 Å². The largest absolute Gasteiger partial charge is 0.378 e. The average molecular weight is 170 g/mol. The third-order valence-corrected chi connectivity index (χ3v) is 1.63. The number of ether oxygens (including phenoxy) is 1. The number of hydrogen-bond donors (Lipinski definition) is 0. The van der Waals surface area contributed by atoms with Gasteiger partial charge in [-0.1, -0.05) is 5.11 Å². The van der Waals surface area contributed by atoms with Crippen LogP contribution in [0.5, 0.6) is 0 Å². The number of rotatable bonds is 2. The predicted octanol–water partition coefficient (Wildman–Crippen LogP) is 0.155. The Morgan fingerprint density at radius 2 is 2.25 bits per heavy atom. The summed E-state index contributed by atoms with van der Waals surface area (Å²) in [5.41, 5.74) is 7.98. The van der Waals surface area contributed by atoms with Crippen LogP contribution < -0.4 is 0 Å². The molecule has 0 atom stereocenters. The summed E-state index contributed by atoms with van der Waals surface area (Å²) in [6.45, 7) is 2.25. The van der Waals surface area contributed by atoms with Crippen molar-refractivity contribution in [1.29, 1.82) is 0 Å². The van der Waals surface area contributed by atoms with E-state index in [1.807, 2.05) is 0 Å². The summed E-state index contributed by atoms with van der Waals surface area (Å²) in [6, 6.07) is 0. The Morgan fingerprint density at radius 3 is 2.83 bits per heavy atom. The van der Waals surface area contributed by atoms with Crippen LogP contribution in [0.25, 0.3) is 10.4 Å². The minimum absolute atomic E-state index is 0.0868. The summed E-state index contributed by atoms with van der Waals surface area (Å²) >= 11 is 0.